The number of anilines is 1. The molecule has 2 rings (SSSR count). The number of nitrogens with two attached hydrogens (primary N) is 1. The second-order valence-electron chi connectivity index (χ2n) is 4.94. The van der Waals surface area contributed by atoms with Crippen LogP contribution in [0.25, 0.3) is 0 Å². The number of carbonyl (C=O) groups excluding carboxylic acids is 1. The normalized spacial score (nSPS) is 12.2. The fourth-order valence-corrected chi connectivity index (χ4v) is 2.25. The number of rotatable bonds is 4. The van der Waals surface area contributed by atoms with Crippen molar-refractivity contribution in [3.8, 4) is 0 Å². The molecule has 0 radical (unpaired) electrons. The van der Waals surface area contributed by atoms with Gasteiger partial charge in [0.2, 0.25) is 0 Å². The fourth-order valence-electron chi connectivity index (χ4n) is 2.25. The number of benzene rings is 1. The smallest absolute Gasteiger partial charge is 0.272 e. The average Bonchev–Trinajstić information content (AvgIpc) is 2.73. The number of nitrogens with one attached hydrogen (secondary N) is 1. The number of nitrogens with zero attached hydrogens (tertiary/aromatic N) is 2. The number of hydrogen-bond acceptors (Lipinski definition) is 3. The van der Waals surface area contributed by atoms with Crippen LogP contribution in [0.2, 0.25) is 0 Å². The van der Waals surface area contributed by atoms with Gasteiger partial charge in [-0.2, -0.15) is 5.10 Å². The molecular formula is C15H19FN4O. The van der Waals surface area contributed by atoms with Crippen molar-refractivity contribution in [2.24, 2.45) is 7.05 Å². The second kappa shape index (κ2) is 5.95. The Balaban J connectivity index is 2.20. The Labute approximate surface area is 123 Å². The molecule has 0 aliphatic rings. The monoisotopic (exact) mass is 290 g/mol. The van der Waals surface area contributed by atoms with E-state index in [1.165, 1.54) is 16.8 Å². The van der Waals surface area contributed by atoms with E-state index in [-0.39, 0.29) is 17.8 Å². The van der Waals surface area contributed by atoms with Crippen LogP contribution in [0, 0.1) is 5.82 Å². The Bertz CT molecular complexity index is 666. The highest BCUT2D eigenvalue weighted by Crippen LogP contribution is 2.19. The van der Waals surface area contributed by atoms with E-state index >= 15 is 0 Å². The lowest BCUT2D eigenvalue weighted by Crippen LogP contribution is -2.29. The van der Waals surface area contributed by atoms with Gasteiger partial charge in [-0.15, -0.1) is 0 Å². The van der Waals surface area contributed by atoms with E-state index < -0.39 is 0 Å². The molecule has 5 nitrogen and oxygen atoms in total. The summed E-state index contributed by atoms with van der Waals surface area (Å²) in [5.41, 5.74) is 8.06. The first kappa shape index (κ1) is 15.0. The Hall–Kier alpha value is -2.37. The summed E-state index contributed by atoms with van der Waals surface area (Å²) in [5.74, 6) is -0.652. The third kappa shape index (κ3) is 3.04. The summed E-state index contributed by atoms with van der Waals surface area (Å²) >= 11 is 0. The molecule has 1 amide bonds. The predicted octanol–water partition coefficient (Wildman–Crippen LogP) is 2.19. The zero-order valence-corrected chi connectivity index (χ0v) is 12.4. The summed E-state index contributed by atoms with van der Waals surface area (Å²) in [4.78, 5) is 12.3. The lowest BCUT2D eigenvalue weighted by atomic mass is 10.1. The summed E-state index contributed by atoms with van der Waals surface area (Å²) in [5, 5.41) is 7.03. The van der Waals surface area contributed by atoms with Gasteiger partial charge in [-0.25, -0.2) is 4.39 Å². The largest absolute Gasteiger partial charge is 0.395 e. The highest BCUT2D eigenvalue weighted by Gasteiger charge is 2.20. The van der Waals surface area contributed by atoms with Crippen molar-refractivity contribution in [2.75, 3.05) is 5.73 Å². The van der Waals surface area contributed by atoms with E-state index in [0.717, 1.165) is 0 Å². The molecular weight excluding hydrogens is 271 g/mol. The first-order valence-corrected chi connectivity index (χ1v) is 6.81. The number of aryl methyl sites for hydroxylation is 2. The minimum absolute atomic E-state index is 0.320. The van der Waals surface area contributed by atoms with Crippen LogP contribution >= 0.6 is 0 Å². The maximum absolute atomic E-state index is 13.2. The van der Waals surface area contributed by atoms with Crippen molar-refractivity contribution >= 4 is 11.6 Å². The molecule has 3 N–H and O–H groups in total. The van der Waals surface area contributed by atoms with Gasteiger partial charge in [0.05, 0.1) is 17.4 Å². The van der Waals surface area contributed by atoms with Crippen LogP contribution in [0.5, 0.6) is 0 Å². The van der Waals surface area contributed by atoms with Crippen molar-refractivity contribution in [1.82, 2.24) is 15.1 Å². The molecule has 0 saturated heterocycles. The van der Waals surface area contributed by atoms with Crippen LogP contribution in [-0.2, 0) is 13.5 Å². The van der Waals surface area contributed by atoms with Crippen LogP contribution in [0.4, 0.5) is 10.1 Å². The maximum atomic E-state index is 13.2. The Morgan fingerprint density at radius 2 is 2.24 bits per heavy atom. The molecule has 0 spiro atoms. The summed E-state index contributed by atoms with van der Waals surface area (Å²) in [6, 6.07) is 5.81. The SMILES string of the molecule is CCc1nn(C)c(C(=O)NC(C)c2cccc(F)c2)c1N. The maximum Gasteiger partial charge on any atom is 0.272 e. The van der Waals surface area contributed by atoms with Gasteiger partial charge >= 0.3 is 0 Å². The van der Waals surface area contributed by atoms with E-state index in [1.54, 1.807) is 26.1 Å². The second-order valence-corrected chi connectivity index (χ2v) is 4.94. The van der Waals surface area contributed by atoms with Crippen molar-refractivity contribution < 1.29 is 9.18 Å². The number of hydrogen-bond donors (Lipinski definition) is 2. The zero-order valence-electron chi connectivity index (χ0n) is 12.4. The molecule has 1 heterocycles. The van der Waals surface area contributed by atoms with Gasteiger partial charge in [-0.05, 0) is 31.0 Å². The van der Waals surface area contributed by atoms with Crippen molar-refractivity contribution in [3.63, 3.8) is 0 Å². The molecule has 0 fully saturated rings. The molecule has 2 aromatic rings. The Morgan fingerprint density at radius 3 is 2.81 bits per heavy atom. The van der Waals surface area contributed by atoms with Gasteiger partial charge in [-0.1, -0.05) is 19.1 Å². The zero-order chi connectivity index (χ0) is 15.6. The summed E-state index contributed by atoms with van der Waals surface area (Å²) in [7, 11) is 1.68. The summed E-state index contributed by atoms with van der Waals surface area (Å²) in [6.45, 7) is 3.72. The molecule has 0 aliphatic heterocycles. The van der Waals surface area contributed by atoms with Gasteiger partial charge in [0.15, 0.2) is 0 Å². The molecule has 1 atom stereocenters. The van der Waals surface area contributed by atoms with E-state index in [9.17, 15) is 9.18 Å². The quantitative estimate of drug-likeness (QED) is 0.906. The summed E-state index contributed by atoms with van der Waals surface area (Å²) < 4.78 is 14.7. The van der Waals surface area contributed by atoms with E-state index in [4.69, 9.17) is 5.73 Å². The van der Waals surface area contributed by atoms with Crippen LogP contribution in [0.15, 0.2) is 24.3 Å². The molecule has 1 unspecified atom stereocenters. The average molecular weight is 290 g/mol. The molecule has 6 heteroatoms. The van der Waals surface area contributed by atoms with Crippen LogP contribution < -0.4 is 11.1 Å². The molecule has 112 valence electrons. The van der Waals surface area contributed by atoms with Crippen LogP contribution in [-0.4, -0.2) is 15.7 Å². The van der Waals surface area contributed by atoms with E-state index in [2.05, 4.69) is 10.4 Å². The number of aromatic nitrogens is 2. The van der Waals surface area contributed by atoms with E-state index in [0.29, 0.717) is 29.1 Å². The van der Waals surface area contributed by atoms with Crippen molar-refractivity contribution in [2.45, 2.75) is 26.3 Å². The lowest BCUT2D eigenvalue weighted by molar-refractivity contribution is 0.0931. The van der Waals surface area contributed by atoms with Gasteiger partial charge in [0.1, 0.15) is 11.5 Å². The molecule has 0 aliphatic carbocycles. The highest BCUT2D eigenvalue weighted by molar-refractivity contribution is 5.98. The van der Waals surface area contributed by atoms with Gasteiger partial charge in [0.25, 0.3) is 5.91 Å². The molecule has 0 bridgehead atoms. The Morgan fingerprint density at radius 1 is 1.52 bits per heavy atom. The summed E-state index contributed by atoms with van der Waals surface area (Å²) in [6.07, 6.45) is 0.659. The lowest BCUT2D eigenvalue weighted by Gasteiger charge is -2.14. The van der Waals surface area contributed by atoms with Crippen LogP contribution in [0.1, 0.15) is 41.6 Å². The van der Waals surface area contributed by atoms with Gasteiger partial charge in [0, 0.05) is 7.05 Å². The van der Waals surface area contributed by atoms with Gasteiger partial charge < -0.3 is 11.1 Å². The third-order valence-electron chi connectivity index (χ3n) is 3.41. The number of halogens is 1. The first-order valence-electron chi connectivity index (χ1n) is 6.81. The standard InChI is InChI=1S/C15H19FN4O/c1-4-12-13(17)14(20(3)19-12)15(21)18-9(2)10-6-5-7-11(16)8-10/h5-9H,4,17H2,1-3H3,(H,18,21). The molecule has 21 heavy (non-hydrogen) atoms. The number of amides is 1. The molecule has 1 aromatic heterocycles. The topological polar surface area (TPSA) is 72.9 Å². The van der Waals surface area contributed by atoms with E-state index in [1.807, 2.05) is 6.92 Å². The van der Waals surface area contributed by atoms with Crippen molar-refractivity contribution in [3.05, 3.63) is 47.0 Å². The number of nitrogen functional groups attached to an aromatic ring is 1. The number of carbonyl (C=O) groups is 1. The Kier molecular flexibility index (Phi) is 4.26. The highest BCUT2D eigenvalue weighted by atomic mass is 19.1. The molecule has 1 aromatic carbocycles. The van der Waals surface area contributed by atoms with Crippen molar-refractivity contribution in [1.29, 1.82) is 0 Å². The minimum atomic E-state index is -0.332. The van der Waals surface area contributed by atoms with Crippen LogP contribution in [0.3, 0.4) is 0 Å². The fraction of sp³-hybridized carbons (Fsp3) is 0.333. The first-order chi connectivity index (χ1) is 9.93. The predicted molar refractivity (Wildman–Crippen MR) is 79.3 cm³/mol. The molecule has 0 saturated carbocycles. The third-order valence-corrected chi connectivity index (χ3v) is 3.41. The minimum Gasteiger partial charge on any atom is -0.395 e. The van der Waals surface area contributed by atoms with Gasteiger partial charge in [-0.3, -0.25) is 9.48 Å².